The van der Waals surface area contributed by atoms with Gasteiger partial charge < -0.3 is 5.32 Å². The predicted molar refractivity (Wildman–Crippen MR) is 87.1 cm³/mol. The second kappa shape index (κ2) is 7.85. The normalized spacial score (nSPS) is 35.0. The number of allylic oxidation sites excluding steroid dienone is 1. The summed E-state index contributed by atoms with van der Waals surface area (Å²) in [6, 6.07) is 0. The average molecular weight is 307 g/mol. The highest BCUT2D eigenvalue weighted by Gasteiger charge is 2.22. The first-order valence-corrected chi connectivity index (χ1v) is 8.31. The summed E-state index contributed by atoms with van der Waals surface area (Å²) >= 11 is 0. The third-order valence-corrected chi connectivity index (χ3v) is 4.46. The van der Waals surface area contributed by atoms with Crippen LogP contribution in [0.1, 0.15) is 38.5 Å². The molecule has 1 fully saturated rings. The van der Waals surface area contributed by atoms with Gasteiger partial charge in [-0.2, -0.15) is 0 Å². The number of hydrogen-bond donors (Lipinski definition) is 4. The first-order valence-electron chi connectivity index (χ1n) is 8.31. The standard InChI is InChI=1S/C16H26FN5/c17-13-6-4-12(5-7-13)10-20-14-2-1-3-15(21-14)22-16-11-18-8-9-19-16/h4,8-9,11,13-16,19-22H,1-3,5-7,10H2/t13-,14?,15?,16?/m1/s1. The number of alkyl halides is 1. The summed E-state index contributed by atoms with van der Waals surface area (Å²) in [5.41, 5.74) is 1.34. The van der Waals surface area contributed by atoms with Crippen molar-refractivity contribution < 1.29 is 4.39 Å². The van der Waals surface area contributed by atoms with Gasteiger partial charge >= 0.3 is 0 Å². The molecule has 3 aliphatic rings. The van der Waals surface area contributed by atoms with Gasteiger partial charge in [0.15, 0.2) is 0 Å². The van der Waals surface area contributed by atoms with E-state index in [0.717, 1.165) is 25.8 Å². The molecule has 3 unspecified atom stereocenters. The first kappa shape index (κ1) is 15.6. The number of nitrogens with one attached hydrogen (secondary N) is 4. The summed E-state index contributed by atoms with van der Waals surface area (Å²) in [6.07, 6.45) is 13.1. The Hall–Kier alpha value is -1.24. The third kappa shape index (κ3) is 4.63. The fraction of sp³-hybridized carbons (Fsp3) is 0.688. The molecule has 1 saturated heterocycles. The minimum atomic E-state index is -0.635. The van der Waals surface area contributed by atoms with E-state index < -0.39 is 6.17 Å². The van der Waals surface area contributed by atoms with Crippen LogP contribution >= 0.6 is 0 Å². The molecular formula is C16H26FN5. The van der Waals surface area contributed by atoms with Gasteiger partial charge in [-0.15, -0.1) is 0 Å². The molecular weight excluding hydrogens is 281 g/mol. The van der Waals surface area contributed by atoms with Gasteiger partial charge in [-0.05, 0) is 38.5 Å². The third-order valence-electron chi connectivity index (χ3n) is 4.46. The Morgan fingerprint density at radius 2 is 2.18 bits per heavy atom. The monoisotopic (exact) mass is 307 g/mol. The van der Waals surface area contributed by atoms with E-state index in [1.54, 1.807) is 6.20 Å². The molecule has 0 bridgehead atoms. The Morgan fingerprint density at radius 3 is 2.95 bits per heavy atom. The number of piperidine rings is 1. The van der Waals surface area contributed by atoms with Crippen LogP contribution in [0, 0.1) is 0 Å². The molecule has 6 heteroatoms. The fourth-order valence-electron chi connectivity index (χ4n) is 3.18. The quantitative estimate of drug-likeness (QED) is 0.582. The van der Waals surface area contributed by atoms with E-state index in [1.165, 1.54) is 12.0 Å². The summed E-state index contributed by atoms with van der Waals surface area (Å²) in [6.45, 7) is 0.864. The minimum absolute atomic E-state index is 0.0868. The van der Waals surface area contributed by atoms with E-state index in [4.69, 9.17) is 0 Å². The van der Waals surface area contributed by atoms with E-state index >= 15 is 0 Å². The van der Waals surface area contributed by atoms with Crippen LogP contribution in [0.15, 0.2) is 29.0 Å². The fourth-order valence-corrected chi connectivity index (χ4v) is 3.18. The molecule has 0 aromatic carbocycles. The Morgan fingerprint density at radius 1 is 1.27 bits per heavy atom. The van der Waals surface area contributed by atoms with Crippen molar-refractivity contribution >= 4 is 6.21 Å². The molecule has 2 aliphatic heterocycles. The van der Waals surface area contributed by atoms with Crippen LogP contribution in [0.5, 0.6) is 0 Å². The molecule has 2 heterocycles. The number of rotatable bonds is 5. The van der Waals surface area contributed by atoms with Crippen LogP contribution < -0.4 is 21.3 Å². The molecule has 1 aliphatic carbocycles. The van der Waals surface area contributed by atoms with Gasteiger partial charge in [0.25, 0.3) is 0 Å². The second-order valence-electron chi connectivity index (χ2n) is 6.24. The molecule has 3 rings (SSSR count). The van der Waals surface area contributed by atoms with Crippen LogP contribution in [-0.4, -0.2) is 37.4 Å². The minimum Gasteiger partial charge on any atom is -0.370 e. The van der Waals surface area contributed by atoms with Crippen LogP contribution in [-0.2, 0) is 0 Å². The van der Waals surface area contributed by atoms with Crippen molar-refractivity contribution in [2.45, 2.75) is 63.2 Å². The highest BCUT2D eigenvalue weighted by molar-refractivity contribution is 5.65. The second-order valence-corrected chi connectivity index (χ2v) is 6.24. The molecule has 0 spiro atoms. The van der Waals surface area contributed by atoms with Gasteiger partial charge in [0, 0.05) is 25.2 Å². The lowest BCUT2D eigenvalue weighted by atomic mass is 9.98. The highest BCUT2D eigenvalue weighted by atomic mass is 19.1. The van der Waals surface area contributed by atoms with Crippen molar-refractivity contribution in [3.05, 3.63) is 24.0 Å². The zero-order valence-corrected chi connectivity index (χ0v) is 12.9. The van der Waals surface area contributed by atoms with E-state index in [9.17, 15) is 4.39 Å². The van der Waals surface area contributed by atoms with Crippen molar-refractivity contribution in [3.8, 4) is 0 Å². The first-order chi connectivity index (χ1) is 10.8. The van der Waals surface area contributed by atoms with Crippen molar-refractivity contribution in [3.63, 3.8) is 0 Å². The van der Waals surface area contributed by atoms with Gasteiger partial charge in [-0.1, -0.05) is 11.6 Å². The molecule has 122 valence electrons. The van der Waals surface area contributed by atoms with Crippen LogP contribution in [0.25, 0.3) is 0 Å². The lowest BCUT2D eigenvalue weighted by Crippen LogP contribution is -2.60. The predicted octanol–water partition coefficient (Wildman–Crippen LogP) is 1.51. The number of nitrogens with zero attached hydrogens (tertiary/aromatic N) is 1. The maximum absolute atomic E-state index is 13.1. The summed E-state index contributed by atoms with van der Waals surface area (Å²) in [4.78, 5) is 4.13. The topological polar surface area (TPSA) is 60.5 Å². The van der Waals surface area contributed by atoms with Crippen molar-refractivity contribution in [1.82, 2.24) is 21.3 Å². The zero-order valence-electron chi connectivity index (χ0n) is 12.9. The Bertz CT molecular complexity index is 448. The summed E-state index contributed by atoms with van der Waals surface area (Å²) in [5.74, 6) is 0. The SMILES string of the molecule is F[C@@H]1CC=C(CNC2CCCC(NC3C=NC=CN3)N2)CC1. The summed E-state index contributed by atoms with van der Waals surface area (Å²) in [5, 5.41) is 13.9. The van der Waals surface area contributed by atoms with Crippen molar-refractivity contribution in [2.24, 2.45) is 4.99 Å². The Balaban J connectivity index is 1.40. The molecule has 4 N–H and O–H groups in total. The van der Waals surface area contributed by atoms with Gasteiger partial charge in [-0.3, -0.25) is 20.9 Å². The van der Waals surface area contributed by atoms with E-state index in [2.05, 4.69) is 32.3 Å². The molecule has 0 radical (unpaired) electrons. The zero-order chi connectivity index (χ0) is 15.2. The summed E-state index contributed by atoms with van der Waals surface area (Å²) in [7, 11) is 0. The molecule has 0 saturated carbocycles. The maximum Gasteiger partial charge on any atom is 0.114 e. The average Bonchev–Trinajstić information content (AvgIpc) is 2.56. The van der Waals surface area contributed by atoms with Gasteiger partial charge in [-0.25, -0.2) is 4.39 Å². The van der Waals surface area contributed by atoms with Gasteiger partial charge in [0.2, 0.25) is 0 Å². The van der Waals surface area contributed by atoms with Crippen LogP contribution in [0.4, 0.5) is 4.39 Å². The van der Waals surface area contributed by atoms with Gasteiger partial charge in [0.05, 0.1) is 12.3 Å². The van der Waals surface area contributed by atoms with E-state index in [1.807, 2.05) is 12.4 Å². The largest absolute Gasteiger partial charge is 0.370 e. The smallest absolute Gasteiger partial charge is 0.114 e. The molecule has 0 aromatic rings. The van der Waals surface area contributed by atoms with Gasteiger partial charge in [0.1, 0.15) is 12.3 Å². The molecule has 0 amide bonds. The van der Waals surface area contributed by atoms with Crippen molar-refractivity contribution in [1.29, 1.82) is 0 Å². The lowest BCUT2D eigenvalue weighted by Gasteiger charge is -2.34. The molecule has 0 aromatic heterocycles. The van der Waals surface area contributed by atoms with E-state index in [-0.39, 0.29) is 12.3 Å². The Labute approximate surface area is 131 Å². The van der Waals surface area contributed by atoms with Crippen LogP contribution in [0.2, 0.25) is 0 Å². The Kier molecular flexibility index (Phi) is 5.58. The number of hydrogen-bond acceptors (Lipinski definition) is 5. The van der Waals surface area contributed by atoms with E-state index in [0.29, 0.717) is 19.0 Å². The molecule has 22 heavy (non-hydrogen) atoms. The number of halogens is 1. The molecule has 4 atom stereocenters. The molecule has 5 nitrogen and oxygen atoms in total. The maximum atomic E-state index is 13.1. The summed E-state index contributed by atoms with van der Waals surface area (Å²) < 4.78 is 13.1. The van der Waals surface area contributed by atoms with Crippen LogP contribution in [0.3, 0.4) is 0 Å². The number of aliphatic imine (C=N–C) groups is 1. The lowest BCUT2D eigenvalue weighted by molar-refractivity contribution is 0.243. The highest BCUT2D eigenvalue weighted by Crippen LogP contribution is 2.20. The van der Waals surface area contributed by atoms with Crippen molar-refractivity contribution in [2.75, 3.05) is 6.54 Å².